The van der Waals surface area contributed by atoms with Gasteiger partial charge < -0.3 is 15.6 Å². The van der Waals surface area contributed by atoms with Crippen molar-refractivity contribution in [2.45, 2.75) is 33.2 Å². The van der Waals surface area contributed by atoms with Crippen molar-refractivity contribution in [3.8, 4) is 22.7 Å². The molecule has 1 aliphatic heterocycles. The summed E-state index contributed by atoms with van der Waals surface area (Å²) in [5.74, 6) is -0.285. The van der Waals surface area contributed by atoms with Crippen LogP contribution in [0.2, 0.25) is 0 Å². The molecule has 0 bridgehead atoms. The maximum Gasteiger partial charge on any atom is 0.276 e. The number of hydrogen-bond acceptors (Lipinski definition) is 7. The molecule has 9 heteroatoms. The highest BCUT2D eigenvalue weighted by atomic mass is 19.1. The average molecular weight is 461 g/mol. The van der Waals surface area contributed by atoms with Gasteiger partial charge in [0, 0.05) is 35.5 Å². The average Bonchev–Trinajstić information content (AvgIpc) is 3.31. The number of allylic oxidation sites excluding steroid dienone is 2. The van der Waals surface area contributed by atoms with Crippen LogP contribution in [0.15, 0.2) is 57.2 Å². The number of aliphatic imine (C=N–C) groups is 1. The lowest BCUT2D eigenvalue weighted by atomic mass is 9.98. The fraction of sp³-hybridized carbons (Fsp3) is 0.240. The summed E-state index contributed by atoms with van der Waals surface area (Å²) in [6.07, 6.45) is 6.26. The molecule has 0 atom stereocenters. The van der Waals surface area contributed by atoms with Crippen molar-refractivity contribution in [3.63, 3.8) is 0 Å². The summed E-state index contributed by atoms with van der Waals surface area (Å²) in [6.45, 7) is 4.56. The molecule has 1 aromatic carbocycles. The van der Waals surface area contributed by atoms with Crippen LogP contribution in [0, 0.1) is 5.82 Å². The number of carbonyl (C=O) groups is 1. The first-order chi connectivity index (χ1) is 16.4. The van der Waals surface area contributed by atoms with Gasteiger partial charge in [-0.05, 0) is 43.7 Å². The monoisotopic (exact) mass is 460 g/mol. The standard InChI is InChI=1S/C25H25FN6O2/c1-4-15(5-2)18-9-16(12-30-25(18)33)21-13-29-24(27)23(31-21)22-10-20(32-34-22)17-7-6-14(11-28-3)8-19(17)26/h6-10,12-13,28H,4-5,11H2,1-3H3,(H2,27,29). The normalized spacial score (nSPS) is 13.4. The number of anilines is 1. The van der Waals surface area contributed by atoms with Crippen molar-refractivity contribution in [1.29, 1.82) is 0 Å². The highest BCUT2D eigenvalue weighted by molar-refractivity contribution is 6.20. The number of dihydropyridines is 1. The molecule has 0 fully saturated rings. The van der Waals surface area contributed by atoms with Gasteiger partial charge in [0.1, 0.15) is 11.5 Å². The van der Waals surface area contributed by atoms with Gasteiger partial charge in [0.2, 0.25) is 0 Å². The summed E-state index contributed by atoms with van der Waals surface area (Å²) >= 11 is 0. The van der Waals surface area contributed by atoms with E-state index in [0.717, 1.165) is 24.0 Å². The number of halogens is 1. The number of nitrogens with one attached hydrogen (secondary N) is 1. The zero-order valence-corrected chi connectivity index (χ0v) is 19.2. The Kier molecular flexibility index (Phi) is 6.74. The molecular formula is C25H25FN6O2. The Hall–Kier alpha value is -3.98. The number of nitrogens with zero attached hydrogens (tertiary/aromatic N) is 4. The second-order valence-corrected chi connectivity index (χ2v) is 7.80. The van der Waals surface area contributed by atoms with Crippen LogP contribution in [0.4, 0.5) is 10.2 Å². The molecule has 1 aliphatic rings. The van der Waals surface area contributed by atoms with E-state index >= 15 is 0 Å². The lowest BCUT2D eigenvalue weighted by molar-refractivity contribution is -0.114. The smallest absolute Gasteiger partial charge is 0.276 e. The quantitative estimate of drug-likeness (QED) is 0.503. The molecule has 4 rings (SSSR count). The molecule has 174 valence electrons. The fourth-order valence-electron chi connectivity index (χ4n) is 3.79. The van der Waals surface area contributed by atoms with Crippen LogP contribution >= 0.6 is 0 Å². The van der Waals surface area contributed by atoms with Crippen LogP contribution in [-0.2, 0) is 11.3 Å². The molecule has 3 N–H and O–H groups in total. The Morgan fingerprint density at radius 1 is 1.18 bits per heavy atom. The number of benzene rings is 1. The second kappa shape index (κ2) is 9.88. The summed E-state index contributed by atoms with van der Waals surface area (Å²) in [6, 6.07) is 6.50. The summed E-state index contributed by atoms with van der Waals surface area (Å²) in [4.78, 5) is 25.1. The molecular weight excluding hydrogens is 435 g/mol. The van der Waals surface area contributed by atoms with Crippen LogP contribution in [-0.4, -0.2) is 34.3 Å². The predicted molar refractivity (Wildman–Crippen MR) is 129 cm³/mol. The lowest BCUT2D eigenvalue weighted by Crippen LogP contribution is -2.09. The number of rotatable bonds is 7. The van der Waals surface area contributed by atoms with Crippen molar-refractivity contribution in [1.82, 2.24) is 20.4 Å². The summed E-state index contributed by atoms with van der Waals surface area (Å²) in [5.41, 5.74) is 10.5. The van der Waals surface area contributed by atoms with Crippen LogP contribution in [0.3, 0.4) is 0 Å². The number of amides is 1. The van der Waals surface area contributed by atoms with Gasteiger partial charge in [-0.2, -0.15) is 0 Å². The maximum absolute atomic E-state index is 14.6. The van der Waals surface area contributed by atoms with E-state index < -0.39 is 5.82 Å². The van der Waals surface area contributed by atoms with Gasteiger partial charge in [-0.3, -0.25) is 4.79 Å². The number of aromatic nitrogens is 3. The van der Waals surface area contributed by atoms with Crippen LogP contribution in [0.1, 0.15) is 37.9 Å². The zero-order chi connectivity index (χ0) is 24.2. The lowest BCUT2D eigenvalue weighted by Gasteiger charge is -2.12. The topological polar surface area (TPSA) is 119 Å². The zero-order valence-electron chi connectivity index (χ0n) is 19.2. The van der Waals surface area contributed by atoms with Gasteiger partial charge in [-0.15, -0.1) is 0 Å². The number of nitrogen functional groups attached to an aromatic ring is 1. The van der Waals surface area contributed by atoms with E-state index in [0.29, 0.717) is 34.6 Å². The molecule has 0 spiro atoms. The summed E-state index contributed by atoms with van der Waals surface area (Å²) < 4.78 is 20.1. The molecule has 0 saturated heterocycles. The molecule has 0 aliphatic carbocycles. The SMILES string of the molecule is CCC(CC)=C1C=C(c2cnc(N)c(-c3cc(-c4ccc(CNC)cc4F)no3)n2)C=NC1=O. The first kappa shape index (κ1) is 23.2. The van der Waals surface area contributed by atoms with Crippen LogP contribution in [0.5, 0.6) is 0 Å². The van der Waals surface area contributed by atoms with E-state index in [2.05, 4.69) is 25.4 Å². The third-order valence-electron chi connectivity index (χ3n) is 5.62. The summed E-state index contributed by atoms with van der Waals surface area (Å²) in [7, 11) is 1.80. The number of nitrogens with two attached hydrogens (primary N) is 1. The van der Waals surface area contributed by atoms with E-state index in [1.54, 1.807) is 25.3 Å². The molecule has 3 aromatic rings. The summed E-state index contributed by atoms with van der Waals surface area (Å²) in [5, 5.41) is 6.99. The van der Waals surface area contributed by atoms with Crippen LogP contribution < -0.4 is 11.1 Å². The highest BCUT2D eigenvalue weighted by Crippen LogP contribution is 2.31. The van der Waals surface area contributed by atoms with E-state index in [1.807, 2.05) is 19.9 Å². The Morgan fingerprint density at radius 3 is 2.68 bits per heavy atom. The Bertz CT molecular complexity index is 1330. The first-order valence-electron chi connectivity index (χ1n) is 11.0. The van der Waals surface area contributed by atoms with Gasteiger partial charge in [-0.1, -0.05) is 30.6 Å². The molecule has 8 nitrogen and oxygen atoms in total. The van der Waals surface area contributed by atoms with Crippen molar-refractivity contribution < 1.29 is 13.7 Å². The number of carbonyl (C=O) groups excluding carboxylic acids is 1. The minimum atomic E-state index is -0.407. The molecule has 0 radical (unpaired) electrons. The highest BCUT2D eigenvalue weighted by Gasteiger charge is 2.20. The molecule has 34 heavy (non-hydrogen) atoms. The van der Waals surface area contributed by atoms with Gasteiger partial charge in [0.05, 0.1) is 11.9 Å². The second-order valence-electron chi connectivity index (χ2n) is 7.80. The van der Waals surface area contributed by atoms with Gasteiger partial charge >= 0.3 is 0 Å². The van der Waals surface area contributed by atoms with Gasteiger partial charge in [-0.25, -0.2) is 19.4 Å². The largest absolute Gasteiger partial charge is 0.382 e. The molecule has 2 aromatic heterocycles. The third-order valence-corrected chi connectivity index (χ3v) is 5.62. The van der Waals surface area contributed by atoms with Gasteiger partial charge in [0.25, 0.3) is 5.91 Å². The predicted octanol–water partition coefficient (Wildman–Crippen LogP) is 4.35. The first-order valence-corrected chi connectivity index (χ1v) is 11.0. The Balaban J connectivity index is 1.70. The molecule has 0 unspecified atom stereocenters. The Morgan fingerprint density at radius 2 is 1.97 bits per heavy atom. The molecule has 3 heterocycles. The van der Waals surface area contributed by atoms with E-state index in [1.165, 1.54) is 18.5 Å². The van der Waals surface area contributed by atoms with Crippen molar-refractivity contribution >= 4 is 23.5 Å². The van der Waals surface area contributed by atoms with Crippen LogP contribution in [0.25, 0.3) is 28.3 Å². The van der Waals surface area contributed by atoms with Crippen molar-refractivity contribution in [3.05, 3.63) is 64.8 Å². The molecule has 0 saturated carbocycles. The van der Waals surface area contributed by atoms with Gasteiger partial charge in [0.15, 0.2) is 17.3 Å². The maximum atomic E-state index is 14.6. The van der Waals surface area contributed by atoms with E-state index in [-0.39, 0.29) is 23.2 Å². The minimum absolute atomic E-state index is 0.138. The van der Waals surface area contributed by atoms with E-state index in [4.69, 9.17) is 10.3 Å². The fourth-order valence-corrected chi connectivity index (χ4v) is 3.79. The number of hydrogen-bond donors (Lipinski definition) is 2. The van der Waals surface area contributed by atoms with Crippen molar-refractivity contribution in [2.24, 2.45) is 4.99 Å². The minimum Gasteiger partial charge on any atom is -0.382 e. The molecule has 1 amide bonds. The van der Waals surface area contributed by atoms with E-state index in [9.17, 15) is 9.18 Å². The van der Waals surface area contributed by atoms with Crippen molar-refractivity contribution in [2.75, 3.05) is 12.8 Å². The Labute approximate surface area is 196 Å². The third kappa shape index (κ3) is 4.55.